The molecule has 0 saturated carbocycles. The molecule has 0 aliphatic rings. The second kappa shape index (κ2) is 4.63. The van der Waals surface area contributed by atoms with Crippen LogP contribution in [0.5, 0.6) is 0 Å². The highest BCUT2D eigenvalue weighted by Gasteiger charge is 2.23. The van der Waals surface area contributed by atoms with Crippen LogP contribution in [0.15, 0.2) is 60.7 Å². The van der Waals surface area contributed by atoms with E-state index in [2.05, 4.69) is 0 Å². The molecule has 1 nitrogen and oxygen atoms in total. The van der Waals surface area contributed by atoms with Crippen molar-refractivity contribution in [3.05, 3.63) is 66.2 Å². The number of benzene rings is 2. The Kier molecular flexibility index (Phi) is 3.21. The monoisotopic (exact) mass is 234 g/mol. The summed E-state index contributed by atoms with van der Waals surface area (Å²) in [6.45, 7) is 0. The fourth-order valence-corrected chi connectivity index (χ4v) is 3.04. The second-order valence-corrected chi connectivity index (χ2v) is 5.77. The molecule has 2 rings (SSSR count). The van der Waals surface area contributed by atoms with E-state index >= 15 is 0 Å². The molecule has 0 radical (unpaired) electrons. The van der Waals surface area contributed by atoms with E-state index in [0.29, 0.717) is 5.30 Å². The minimum atomic E-state index is -3.77. The zero-order valence-corrected chi connectivity index (χ0v) is 9.61. The largest absolute Gasteiger partial charge is 0.282 e. The third kappa shape index (κ3) is 2.59. The van der Waals surface area contributed by atoms with Crippen molar-refractivity contribution in [3.8, 4) is 0 Å². The van der Waals surface area contributed by atoms with Gasteiger partial charge in [0.15, 0.2) is 0 Å². The molecule has 0 bridgehead atoms. The zero-order chi connectivity index (χ0) is 11.4. The van der Waals surface area contributed by atoms with Gasteiger partial charge in [0.25, 0.3) is 7.45 Å². The first kappa shape index (κ1) is 11.1. The first-order valence-electron chi connectivity index (χ1n) is 5.07. The zero-order valence-electron chi connectivity index (χ0n) is 8.71. The molecule has 0 aliphatic carbocycles. The first-order valence-corrected chi connectivity index (χ1v) is 6.85. The smallest absolute Gasteiger partial charge is 0.276 e. The standard InChI is InChI=1S/C13H12FOP/c14-16(15,13-9-5-2-6-10-13)11-12-7-3-1-4-8-12/h1-10H,11H2. The maximum absolute atomic E-state index is 14.1. The van der Waals surface area contributed by atoms with Crippen molar-refractivity contribution < 1.29 is 8.76 Å². The summed E-state index contributed by atoms with van der Waals surface area (Å²) in [5, 5.41) is 0.291. The summed E-state index contributed by atoms with van der Waals surface area (Å²) in [5.74, 6) is 0. The summed E-state index contributed by atoms with van der Waals surface area (Å²) in [6.07, 6.45) is -0.0299. The average Bonchev–Trinajstić information content (AvgIpc) is 2.31. The molecule has 0 amide bonds. The molecule has 0 saturated heterocycles. The lowest BCUT2D eigenvalue weighted by Gasteiger charge is -2.08. The average molecular weight is 234 g/mol. The van der Waals surface area contributed by atoms with Crippen LogP contribution < -0.4 is 5.30 Å². The van der Waals surface area contributed by atoms with E-state index in [1.807, 2.05) is 18.2 Å². The summed E-state index contributed by atoms with van der Waals surface area (Å²) in [5.41, 5.74) is 0.761. The lowest BCUT2D eigenvalue weighted by Crippen LogP contribution is -2.02. The van der Waals surface area contributed by atoms with Gasteiger partial charge in [-0.2, -0.15) is 4.20 Å². The Morgan fingerprint density at radius 1 is 0.875 bits per heavy atom. The third-order valence-corrected chi connectivity index (χ3v) is 4.21. The van der Waals surface area contributed by atoms with Crippen LogP contribution in [0.3, 0.4) is 0 Å². The maximum Gasteiger partial charge on any atom is 0.276 e. The van der Waals surface area contributed by atoms with Gasteiger partial charge in [-0.3, -0.25) is 4.57 Å². The Morgan fingerprint density at radius 2 is 1.38 bits per heavy atom. The van der Waals surface area contributed by atoms with Gasteiger partial charge in [0.1, 0.15) is 0 Å². The molecule has 16 heavy (non-hydrogen) atoms. The summed E-state index contributed by atoms with van der Waals surface area (Å²) < 4.78 is 26.0. The molecule has 2 aromatic carbocycles. The molecule has 1 atom stereocenters. The number of hydrogen-bond donors (Lipinski definition) is 0. The Morgan fingerprint density at radius 3 is 1.94 bits per heavy atom. The molecule has 82 valence electrons. The molecule has 1 unspecified atom stereocenters. The molecular formula is C13H12FOP. The fraction of sp³-hybridized carbons (Fsp3) is 0.0769. The van der Waals surface area contributed by atoms with E-state index in [4.69, 9.17) is 0 Å². The van der Waals surface area contributed by atoms with E-state index in [1.165, 1.54) is 0 Å². The number of hydrogen-bond acceptors (Lipinski definition) is 1. The van der Waals surface area contributed by atoms with Gasteiger partial charge in [0.05, 0.1) is 6.16 Å². The van der Waals surface area contributed by atoms with E-state index < -0.39 is 7.45 Å². The first-order chi connectivity index (χ1) is 7.68. The van der Waals surface area contributed by atoms with Crippen LogP contribution in [0.4, 0.5) is 4.20 Å². The topological polar surface area (TPSA) is 17.1 Å². The minimum Gasteiger partial charge on any atom is -0.282 e. The Hall–Kier alpha value is -1.40. The normalized spacial score (nSPS) is 14.3. The van der Waals surface area contributed by atoms with Crippen LogP contribution in [0.25, 0.3) is 0 Å². The maximum atomic E-state index is 14.1. The van der Waals surface area contributed by atoms with Crippen molar-refractivity contribution in [3.63, 3.8) is 0 Å². The van der Waals surface area contributed by atoms with Crippen molar-refractivity contribution in [1.29, 1.82) is 0 Å². The van der Waals surface area contributed by atoms with E-state index in [-0.39, 0.29) is 6.16 Å². The molecule has 0 spiro atoms. The van der Waals surface area contributed by atoms with Gasteiger partial charge in [-0.05, 0) is 17.7 Å². The van der Waals surface area contributed by atoms with Gasteiger partial charge in [0.2, 0.25) is 0 Å². The molecule has 0 aromatic heterocycles. The van der Waals surface area contributed by atoms with E-state index in [9.17, 15) is 8.76 Å². The van der Waals surface area contributed by atoms with Crippen LogP contribution in [0.1, 0.15) is 5.56 Å². The number of rotatable bonds is 3. The van der Waals surface area contributed by atoms with Gasteiger partial charge in [0, 0.05) is 5.30 Å². The van der Waals surface area contributed by atoms with Crippen molar-refractivity contribution >= 4 is 12.8 Å². The molecule has 0 N–H and O–H groups in total. The van der Waals surface area contributed by atoms with E-state index in [0.717, 1.165) is 5.56 Å². The van der Waals surface area contributed by atoms with Crippen molar-refractivity contribution in [2.45, 2.75) is 6.16 Å². The fourth-order valence-electron chi connectivity index (χ4n) is 1.56. The lowest BCUT2D eigenvalue weighted by molar-refractivity contribution is 0.548. The Labute approximate surface area is 94.4 Å². The predicted molar refractivity (Wildman–Crippen MR) is 64.9 cm³/mol. The molecule has 0 aliphatic heterocycles. The highest BCUT2D eigenvalue weighted by molar-refractivity contribution is 7.65. The van der Waals surface area contributed by atoms with Crippen LogP contribution in [-0.4, -0.2) is 0 Å². The summed E-state index contributed by atoms with van der Waals surface area (Å²) >= 11 is 0. The van der Waals surface area contributed by atoms with Gasteiger partial charge in [-0.25, -0.2) is 0 Å². The molecule has 3 heteroatoms. The molecular weight excluding hydrogens is 222 g/mol. The van der Waals surface area contributed by atoms with Gasteiger partial charge in [-0.15, -0.1) is 0 Å². The molecule has 0 fully saturated rings. The minimum absolute atomic E-state index is 0.0299. The Bertz CT molecular complexity index is 496. The van der Waals surface area contributed by atoms with Crippen LogP contribution >= 0.6 is 7.45 Å². The SMILES string of the molecule is O=P(F)(Cc1ccccc1)c1ccccc1. The number of halogens is 1. The van der Waals surface area contributed by atoms with Crippen LogP contribution in [0.2, 0.25) is 0 Å². The predicted octanol–water partition coefficient (Wildman–Crippen LogP) is 3.76. The summed E-state index contributed by atoms with van der Waals surface area (Å²) in [6, 6.07) is 17.4. The quantitative estimate of drug-likeness (QED) is 0.739. The van der Waals surface area contributed by atoms with E-state index in [1.54, 1.807) is 42.5 Å². The summed E-state index contributed by atoms with van der Waals surface area (Å²) in [4.78, 5) is 0. The highest BCUT2D eigenvalue weighted by atomic mass is 31.2. The lowest BCUT2D eigenvalue weighted by atomic mass is 10.2. The highest BCUT2D eigenvalue weighted by Crippen LogP contribution is 2.49. The third-order valence-electron chi connectivity index (χ3n) is 2.37. The van der Waals surface area contributed by atoms with Gasteiger partial charge in [-0.1, -0.05) is 48.5 Å². The van der Waals surface area contributed by atoms with Gasteiger partial charge < -0.3 is 0 Å². The van der Waals surface area contributed by atoms with Crippen LogP contribution in [0, 0.1) is 0 Å². The summed E-state index contributed by atoms with van der Waals surface area (Å²) in [7, 11) is -3.77. The van der Waals surface area contributed by atoms with Crippen LogP contribution in [-0.2, 0) is 10.7 Å². The van der Waals surface area contributed by atoms with Crippen molar-refractivity contribution in [2.75, 3.05) is 0 Å². The van der Waals surface area contributed by atoms with Gasteiger partial charge >= 0.3 is 0 Å². The molecule has 0 heterocycles. The molecule has 2 aromatic rings. The second-order valence-electron chi connectivity index (χ2n) is 3.63. The Balaban J connectivity index is 2.25. The van der Waals surface area contributed by atoms with Crippen molar-refractivity contribution in [2.24, 2.45) is 0 Å². The van der Waals surface area contributed by atoms with Crippen molar-refractivity contribution in [1.82, 2.24) is 0 Å².